The number of ether oxygens (including phenoxy) is 1. The zero-order chi connectivity index (χ0) is 22.0. The number of hydrogen-bond acceptors (Lipinski definition) is 5. The van der Waals surface area contributed by atoms with Crippen LogP contribution in [0.2, 0.25) is 0 Å². The summed E-state index contributed by atoms with van der Waals surface area (Å²) in [6.07, 6.45) is 1.42. The number of nitrogens with one attached hydrogen (secondary N) is 1. The lowest BCUT2D eigenvalue weighted by Crippen LogP contribution is -2.33. The predicted molar refractivity (Wildman–Crippen MR) is 113 cm³/mol. The largest absolute Gasteiger partial charge is 0.497 e. The van der Waals surface area contributed by atoms with Crippen LogP contribution in [0.3, 0.4) is 0 Å². The first-order valence-corrected chi connectivity index (χ1v) is 10.8. The molecule has 31 heavy (non-hydrogen) atoms. The highest BCUT2D eigenvalue weighted by Crippen LogP contribution is 2.24. The lowest BCUT2D eigenvalue weighted by Gasteiger charge is -2.21. The first kappa shape index (κ1) is 20.8. The Morgan fingerprint density at radius 1 is 1.06 bits per heavy atom. The summed E-state index contributed by atoms with van der Waals surface area (Å²) < 4.78 is 52.4. The second-order valence-electron chi connectivity index (χ2n) is 6.86. The monoisotopic (exact) mass is 442 g/mol. The van der Waals surface area contributed by atoms with Crippen LogP contribution >= 0.6 is 0 Å². The number of benzene rings is 2. The quantitative estimate of drug-likeness (QED) is 0.472. The number of H-pyrrole nitrogens is 1. The summed E-state index contributed by atoms with van der Waals surface area (Å²) in [6.45, 7) is -0.445. The Morgan fingerprint density at radius 2 is 1.87 bits per heavy atom. The van der Waals surface area contributed by atoms with Crippen molar-refractivity contribution in [3.63, 3.8) is 0 Å². The van der Waals surface area contributed by atoms with E-state index in [2.05, 4.69) is 4.98 Å². The highest BCUT2D eigenvalue weighted by Gasteiger charge is 2.29. The minimum absolute atomic E-state index is 0.167. The van der Waals surface area contributed by atoms with Gasteiger partial charge in [-0.1, -0.05) is 12.1 Å². The number of methoxy groups -OCH3 is 1. The van der Waals surface area contributed by atoms with Crippen LogP contribution in [0.5, 0.6) is 5.75 Å². The Bertz CT molecular complexity index is 1380. The summed E-state index contributed by atoms with van der Waals surface area (Å²) in [4.78, 5) is 14.9. The molecule has 0 aliphatic heterocycles. The van der Waals surface area contributed by atoms with Crippen LogP contribution in [0, 0.1) is 5.82 Å². The molecular weight excluding hydrogens is 423 g/mol. The lowest BCUT2D eigenvalue weighted by atomic mass is 10.1. The van der Waals surface area contributed by atoms with Crippen molar-refractivity contribution in [1.82, 2.24) is 9.29 Å². The van der Waals surface area contributed by atoms with E-state index in [0.717, 1.165) is 10.4 Å². The Hall–Kier alpha value is -3.43. The van der Waals surface area contributed by atoms with Crippen molar-refractivity contribution in [3.05, 3.63) is 94.4 Å². The van der Waals surface area contributed by atoms with Crippen LogP contribution in [-0.4, -0.2) is 24.8 Å². The highest BCUT2D eigenvalue weighted by molar-refractivity contribution is 7.89. The molecule has 160 valence electrons. The molecule has 0 saturated carbocycles. The molecular formula is C22H19FN2O5S. The molecule has 7 nitrogen and oxygen atoms in total. The molecule has 2 heterocycles. The standard InChI is InChI=1S/C22H19FN2O5S/c1-29-17-8-9-20-15(12-17)11-16(22(26)24-20)13-25(14-18-5-4-10-30-18)31(27,28)21-7-3-2-6-19(21)23/h2-12H,13-14H2,1H3,(H,24,26). The number of sulfonamides is 1. The maximum absolute atomic E-state index is 14.3. The van der Waals surface area contributed by atoms with Gasteiger partial charge in [0.2, 0.25) is 10.0 Å². The number of aromatic nitrogens is 1. The van der Waals surface area contributed by atoms with E-state index in [1.54, 1.807) is 36.4 Å². The highest BCUT2D eigenvalue weighted by atomic mass is 32.2. The van der Waals surface area contributed by atoms with Gasteiger partial charge in [0.25, 0.3) is 5.56 Å². The summed E-state index contributed by atoms with van der Waals surface area (Å²) in [5, 5.41) is 0.676. The Labute approximate surface area is 177 Å². The SMILES string of the molecule is COc1ccc2[nH]c(=O)c(CN(Cc3ccco3)S(=O)(=O)c3ccccc3F)cc2c1. The van der Waals surface area contributed by atoms with Gasteiger partial charge in [0, 0.05) is 23.0 Å². The van der Waals surface area contributed by atoms with Gasteiger partial charge in [-0.15, -0.1) is 0 Å². The summed E-state index contributed by atoms with van der Waals surface area (Å²) >= 11 is 0. The summed E-state index contributed by atoms with van der Waals surface area (Å²) in [7, 11) is -2.74. The van der Waals surface area contributed by atoms with Crippen molar-refractivity contribution in [3.8, 4) is 5.75 Å². The molecule has 0 spiro atoms. The second-order valence-corrected chi connectivity index (χ2v) is 8.77. The van der Waals surface area contributed by atoms with Gasteiger partial charge in [0.05, 0.1) is 19.9 Å². The fourth-order valence-electron chi connectivity index (χ4n) is 3.26. The zero-order valence-electron chi connectivity index (χ0n) is 16.5. The van der Waals surface area contributed by atoms with Crippen LogP contribution in [0.25, 0.3) is 10.9 Å². The molecule has 1 N–H and O–H groups in total. The smallest absolute Gasteiger partial charge is 0.252 e. The van der Waals surface area contributed by atoms with Crippen LogP contribution in [0.15, 0.2) is 81.0 Å². The van der Waals surface area contributed by atoms with Gasteiger partial charge in [-0.2, -0.15) is 4.31 Å². The average molecular weight is 442 g/mol. The summed E-state index contributed by atoms with van der Waals surface area (Å²) in [5.74, 6) is 0.0832. The van der Waals surface area contributed by atoms with Gasteiger partial charge < -0.3 is 14.1 Å². The third-order valence-electron chi connectivity index (χ3n) is 4.84. The van der Waals surface area contributed by atoms with Gasteiger partial charge in [-0.05, 0) is 48.5 Å². The number of aromatic amines is 1. The molecule has 4 aromatic rings. The van der Waals surface area contributed by atoms with Crippen LogP contribution in [0.4, 0.5) is 4.39 Å². The van der Waals surface area contributed by atoms with Crippen LogP contribution in [0.1, 0.15) is 11.3 Å². The summed E-state index contributed by atoms with van der Waals surface area (Å²) in [5.41, 5.74) is 0.349. The van der Waals surface area contributed by atoms with E-state index < -0.39 is 26.3 Å². The molecule has 2 aromatic heterocycles. The van der Waals surface area contributed by atoms with Crippen molar-refractivity contribution in [1.29, 1.82) is 0 Å². The van der Waals surface area contributed by atoms with Crippen LogP contribution < -0.4 is 10.3 Å². The normalized spacial score (nSPS) is 11.8. The molecule has 0 saturated heterocycles. The zero-order valence-corrected chi connectivity index (χ0v) is 17.4. The first-order valence-electron chi connectivity index (χ1n) is 9.35. The lowest BCUT2D eigenvalue weighted by molar-refractivity contribution is 0.356. The first-order chi connectivity index (χ1) is 14.9. The van der Waals surface area contributed by atoms with Gasteiger partial charge in [0.15, 0.2) is 0 Å². The molecule has 2 aromatic carbocycles. The summed E-state index contributed by atoms with van der Waals surface area (Å²) in [6, 6.07) is 15.1. The number of pyridine rings is 1. The van der Waals surface area contributed by atoms with E-state index in [4.69, 9.17) is 9.15 Å². The van der Waals surface area contributed by atoms with E-state index >= 15 is 0 Å². The number of halogens is 1. The molecule has 9 heteroatoms. The van der Waals surface area contributed by atoms with E-state index in [0.29, 0.717) is 22.4 Å². The fraction of sp³-hybridized carbons (Fsp3) is 0.136. The molecule has 0 amide bonds. The maximum Gasteiger partial charge on any atom is 0.252 e. The minimum atomic E-state index is -4.27. The number of hydrogen-bond donors (Lipinski definition) is 1. The molecule has 0 aliphatic carbocycles. The average Bonchev–Trinajstić information content (AvgIpc) is 3.27. The molecule has 0 bridgehead atoms. The molecule has 0 aliphatic rings. The van der Waals surface area contributed by atoms with Crippen LogP contribution in [-0.2, 0) is 23.1 Å². The topological polar surface area (TPSA) is 92.6 Å². The van der Waals surface area contributed by atoms with Gasteiger partial charge in [0.1, 0.15) is 22.2 Å². The Kier molecular flexibility index (Phi) is 5.62. The third-order valence-corrected chi connectivity index (χ3v) is 6.67. The molecule has 0 fully saturated rings. The van der Waals surface area contributed by atoms with Crippen molar-refractivity contribution in [2.75, 3.05) is 7.11 Å². The van der Waals surface area contributed by atoms with Crippen molar-refractivity contribution in [2.24, 2.45) is 0 Å². The Balaban J connectivity index is 1.79. The Morgan fingerprint density at radius 3 is 2.58 bits per heavy atom. The van der Waals surface area contributed by atoms with E-state index in [9.17, 15) is 17.6 Å². The number of furan rings is 1. The van der Waals surface area contributed by atoms with E-state index in [1.807, 2.05) is 0 Å². The second kappa shape index (κ2) is 8.37. The molecule has 4 rings (SSSR count). The third kappa shape index (κ3) is 4.23. The number of rotatable bonds is 7. The van der Waals surface area contributed by atoms with Crippen molar-refractivity contribution in [2.45, 2.75) is 18.0 Å². The van der Waals surface area contributed by atoms with Gasteiger partial charge >= 0.3 is 0 Å². The van der Waals surface area contributed by atoms with E-state index in [1.165, 1.54) is 31.6 Å². The number of nitrogens with zero attached hydrogens (tertiary/aromatic N) is 1. The molecule has 0 radical (unpaired) electrons. The predicted octanol–water partition coefficient (Wildman–Crippen LogP) is 3.66. The minimum Gasteiger partial charge on any atom is -0.497 e. The van der Waals surface area contributed by atoms with Gasteiger partial charge in [-0.3, -0.25) is 4.79 Å². The fourth-order valence-corrected chi connectivity index (χ4v) is 4.71. The maximum atomic E-state index is 14.3. The molecule has 0 atom stereocenters. The number of fused-ring (bicyclic) bond motifs is 1. The van der Waals surface area contributed by atoms with Crippen molar-refractivity contribution < 1.29 is 22.0 Å². The molecule has 0 unspecified atom stereocenters. The van der Waals surface area contributed by atoms with Gasteiger partial charge in [-0.25, -0.2) is 12.8 Å². The van der Waals surface area contributed by atoms with E-state index in [-0.39, 0.29) is 18.7 Å². The van der Waals surface area contributed by atoms with Crippen molar-refractivity contribution >= 4 is 20.9 Å².